The Morgan fingerprint density at radius 3 is 1.08 bits per heavy atom. The van der Waals surface area contributed by atoms with E-state index in [-0.39, 0.29) is 37.5 Å². The predicted octanol–water partition coefficient (Wildman–Crippen LogP) is 17.0. The van der Waals surface area contributed by atoms with Gasteiger partial charge in [-0.05, 0) is 83.5 Å². The van der Waals surface area contributed by atoms with Crippen LogP contribution in [-0.4, -0.2) is 37.2 Å². The molecule has 0 N–H and O–H groups in total. The van der Waals surface area contributed by atoms with Gasteiger partial charge in [-0.2, -0.15) is 0 Å². The summed E-state index contributed by atoms with van der Waals surface area (Å²) in [5.74, 6) is -0.968. The Kier molecular flexibility index (Phi) is 48.0. The standard InChI is InChI=1S/C57H94O6/c1-4-7-10-13-16-19-22-24-26-28-29-31-32-35-38-41-44-47-50-56(59)62-53-54(52-61-55(58)49-46-43-40-37-34-21-18-15-12-9-6-3)63-57(60)51-48-45-42-39-36-33-30-27-25-23-20-17-14-11-8-5-2/h10,13,15-16,18-19,22,24,26-31,33,36,54H,4-9,11-12,14,17,20-21,23,25,32,34-35,37-53H2,1-3H3/b13-10-,18-15-,19-16-,24-22-,28-26-,30-27-,31-29-,36-33-. The van der Waals surface area contributed by atoms with Gasteiger partial charge in [0.2, 0.25) is 0 Å². The second-order valence-corrected chi connectivity index (χ2v) is 16.9. The number of ether oxygens (including phenoxy) is 3. The smallest absolute Gasteiger partial charge is 0.306 e. The molecule has 0 bridgehead atoms. The SMILES string of the molecule is CCC\C=C/C=C\C=C/C=C\C=C/CCCCCCCC(=O)OCC(COC(=O)CCCCCCC/C=C\CCCC)OC(=O)CCCCC/C=C\C=C/CCCCCCCCC. The summed E-state index contributed by atoms with van der Waals surface area (Å²) in [6, 6.07) is 0. The van der Waals surface area contributed by atoms with Crippen LogP contribution in [0.2, 0.25) is 0 Å². The molecule has 0 spiro atoms. The van der Waals surface area contributed by atoms with Gasteiger partial charge < -0.3 is 14.2 Å². The van der Waals surface area contributed by atoms with E-state index >= 15 is 0 Å². The molecule has 0 heterocycles. The first-order chi connectivity index (χ1) is 31.0. The summed E-state index contributed by atoms with van der Waals surface area (Å²) in [6.45, 7) is 6.44. The first kappa shape index (κ1) is 59.3. The molecule has 6 heteroatoms. The van der Waals surface area contributed by atoms with Gasteiger partial charge in [-0.3, -0.25) is 14.4 Å². The van der Waals surface area contributed by atoms with Crippen LogP contribution in [0.4, 0.5) is 0 Å². The van der Waals surface area contributed by atoms with E-state index in [1.807, 2.05) is 24.3 Å². The molecule has 0 aliphatic carbocycles. The number of hydrogen-bond acceptors (Lipinski definition) is 6. The number of esters is 3. The molecule has 0 rings (SSSR count). The monoisotopic (exact) mass is 875 g/mol. The van der Waals surface area contributed by atoms with Crippen molar-refractivity contribution in [2.45, 2.75) is 232 Å². The summed E-state index contributed by atoms with van der Waals surface area (Å²) in [4.78, 5) is 37.9. The van der Waals surface area contributed by atoms with Gasteiger partial charge in [0.25, 0.3) is 0 Å². The van der Waals surface area contributed by atoms with Gasteiger partial charge in [-0.25, -0.2) is 0 Å². The van der Waals surface area contributed by atoms with Crippen molar-refractivity contribution < 1.29 is 28.6 Å². The summed E-state index contributed by atoms with van der Waals surface area (Å²) >= 11 is 0. The van der Waals surface area contributed by atoms with Crippen LogP contribution in [0.3, 0.4) is 0 Å². The number of carbonyl (C=O) groups excluding carboxylic acids is 3. The van der Waals surface area contributed by atoms with Crippen molar-refractivity contribution in [1.82, 2.24) is 0 Å². The van der Waals surface area contributed by atoms with E-state index in [1.54, 1.807) is 0 Å². The molecule has 6 nitrogen and oxygen atoms in total. The van der Waals surface area contributed by atoms with Crippen molar-refractivity contribution in [2.75, 3.05) is 13.2 Å². The Bertz CT molecular complexity index is 1280. The van der Waals surface area contributed by atoms with Crippen LogP contribution in [0.1, 0.15) is 226 Å². The Morgan fingerprint density at radius 2 is 0.635 bits per heavy atom. The lowest BCUT2D eigenvalue weighted by atomic mass is 10.1. The van der Waals surface area contributed by atoms with E-state index in [1.165, 1.54) is 77.0 Å². The number of unbranched alkanes of at least 4 members (excludes halogenated alkanes) is 23. The quantitative estimate of drug-likeness (QED) is 0.0199. The van der Waals surface area contributed by atoms with Crippen molar-refractivity contribution in [3.63, 3.8) is 0 Å². The largest absolute Gasteiger partial charge is 0.462 e. The first-order valence-corrected chi connectivity index (χ1v) is 25.8. The first-order valence-electron chi connectivity index (χ1n) is 25.8. The maximum Gasteiger partial charge on any atom is 0.306 e. The molecule has 0 aliphatic heterocycles. The third-order valence-electron chi connectivity index (χ3n) is 10.7. The Morgan fingerprint density at radius 1 is 0.317 bits per heavy atom. The van der Waals surface area contributed by atoms with Crippen LogP contribution in [0.15, 0.2) is 97.2 Å². The molecule has 63 heavy (non-hydrogen) atoms. The van der Waals surface area contributed by atoms with E-state index in [9.17, 15) is 14.4 Å². The minimum Gasteiger partial charge on any atom is -0.462 e. The van der Waals surface area contributed by atoms with Crippen molar-refractivity contribution in [3.8, 4) is 0 Å². The fourth-order valence-corrected chi connectivity index (χ4v) is 6.74. The zero-order valence-corrected chi connectivity index (χ0v) is 40.8. The average Bonchev–Trinajstić information content (AvgIpc) is 3.28. The van der Waals surface area contributed by atoms with Crippen LogP contribution in [0, 0.1) is 0 Å². The van der Waals surface area contributed by atoms with Gasteiger partial charge >= 0.3 is 17.9 Å². The zero-order chi connectivity index (χ0) is 45.8. The summed E-state index contributed by atoms with van der Waals surface area (Å²) in [6.07, 6.45) is 66.7. The molecule has 0 fully saturated rings. The Balaban J connectivity index is 4.49. The van der Waals surface area contributed by atoms with Crippen molar-refractivity contribution in [2.24, 2.45) is 0 Å². The molecule has 358 valence electrons. The van der Waals surface area contributed by atoms with E-state index in [0.29, 0.717) is 12.8 Å². The summed E-state index contributed by atoms with van der Waals surface area (Å²) in [7, 11) is 0. The lowest BCUT2D eigenvalue weighted by Crippen LogP contribution is -2.30. The highest BCUT2D eigenvalue weighted by molar-refractivity contribution is 5.71. The highest BCUT2D eigenvalue weighted by Gasteiger charge is 2.19. The van der Waals surface area contributed by atoms with Crippen LogP contribution in [0.25, 0.3) is 0 Å². The van der Waals surface area contributed by atoms with Gasteiger partial charge in [-0.15, -0.1) is 0 Å². The molecular weight excluding hydrogens is 781 g/mol. The molecular formula is C57H94O6. The molecule has 0 aromatic carbocycles. The number of rotatable bonds is 45. The molecule has 0 saturated carbocycles. The van der Waals surface area contributed by atoms with E-state index in [0.717, 1.165) is 109 Å². The third kappa shape index (κ3) is 49.2. The molecule has 0 aromatic rings. The number of allylic oxidation sites excluding steroid dienone is 16. The van der Waals surface area contributed by atoms with Gasteiger partial charge in [0.15, 0.2) is 6.10 Å². The predicted molar refractivity (Wildman–Crippen MR) is 270 cm³/mol. The highest BCUT2D eigenvalue weighted by Crippen LogP contribution is 2.13. The molecule has 0 amide bonds. The molecule has 1 atom stereocenters. The van der Waals surface area contributed by atoms with Crippen LogP contribution >= 0.6 is 0 Å². The minimum absolute atomic E-state index is 0.102. The maximum atomic E-state index is 12.8. The fraction of sp³-hybridized carbons (Fsp3) is 0.667. The fourth-order valence-electron chi connectivity index (χ4n) is 6.74. The lowest BCUT2D eigenvalue weighted by molar-refractivity contribution is -0.167. The van der Waals surface area contributed by atoms with Crippen molar-refractivity contribution >= 4 is 17.9 Å². The summed E-state index contributed by atoms with van der Waals surface area (Å²) in [5, 5.41) is 0. The maximum absolute atomic E-state index is 12.8. The van der Waals surface area contributed by atoms with Gasteiger partial charge in [-0.1, -0.05) is 221 Å². The number of carbonyl (C=O) groups is 3. The summed E-state index contributed by atoms with van der Waals surface area (Å²) in [5.41, 5.74) is 0. The van der Waals surface area contributed by atoms with E-state index in [2.05, 4.69) is 93.7 Å². The molecule has 0 radical (unpaired) electrons. The molecule has 0 aromatic heterocycles. The zero-order valence-electron chi connectivity index (χ0n) is 40.8. The Labute approximate surface area is 387 Å². The second kappa shape index (κ2) is 51.0. The van der Waals surface area contributed by atoms with Crippen LogP contribution in [-0.2, 0) is 28.6 Å². The number of hydrogen-bond donors (Lipinski definition) is 0. The third-order valence-corrected chi connectivity index (χ3v) is 10.7. The van der Waals surface area contributed by atoms with Gasteiger partial charge in [0.1, 0.15) is 13.2 Å². The Hall–Kier alpha value is -3.67. The molecule has 0 saturated heterocycles. The minimum atomic E-state index is -0.805. The second-order valence-electron chi connectivity index (χ2n) is 16.9. The van der Waals surface area contributed by atoms with Crippen LogP contribution in [0.5, 0.6) is 0 Å². The van der Waals surface area contributed by atoms with E-state index < -0.39 is 6.10 Å². The topological polar surface area (TPSA) is 78.9 Å². The summed E-state index contributed by atoms with van der Waals surface area (Å²) < 4.78 is 16.7. The van der Waals surface area contributed by atoms with Gasteiger partial charge in [0.05, 0.1) is 0 Å². The van der Waals surface area contributed by atoms with Crippen LogP contribution < -0.4 is 0 Å². The van der Waals surface area contributed by atoms with Crippen molar-refractivity contribution in [1.29, 1.82) is 0 Å². The van der Waals surface area contributed by atoms with Gasteiger partial charge in [0, 0.05) is 19.3 Å². The average molecular weight is 875 g/mol. The van der Waals surface area contributed by atoms with E-state index in [4.69, 9.17) is 14.2 Å². The molecule has 0 aliphatic rings. The lowest BCUT2D eigenvalue weighted by Gasteiger charge is -2.18. The highest BCUT2D eigenvalue weighted by atomic mass is 16.6. The van der Waals surface area contributed by atoms with Crippen molar-refractivity contribution in [3.05, 3.63) is 97.2 Å². The molecule has 1 unspecified atom stereocenters. The normalized spacial score (nSPS) is 12.9.